The lowest BCUT2D eigenvalue weighted by atomic mass is 9.94. The SMILES string of the molecule is CN(CC1(Oc2ccc(C(F)(F)F)cc2)CCc2ccccc21)C(=O)O. The molecule has 0 bridgehead atoms. The summed E-state index contributed by atoms with van der Waals surface area (Å²) < 4.78 is 44.3. The fourth-order valence-corrected chi connectivity index (χ4v) is 3.34. The molecule has 1 aliphatic carbocycles. The van der Waals surface area contributed by atoms with Crippen LogP contribution in [0.4, 0.5) is 18.0 Å². The van der Waals surface area contributed by atoms with Gasteiger partial charge in [-0.05, 0) is 42.7 Å². The van der Waals surface area contributed by atoms with Gasteiger partial charge in [-0.25, -0.2) is 4.79 Å². The van der Waals surface area contributed by atoms with Crippen LogP contribution >= 0.6 is 0 Å². The van der Waals surface area contributed by atoms with E-state index in [1.54, 1.807) is 0 Å². The van der Waals surface area contributed by atoms with Gasteiger partial charge in [0, 0.05) is 12.6 Å². The second-order valence-electron chi connectivity index (χ2n) is 6.41. The van der Waals surface area contributed by atoms with Crippen molar-refractivity contribution in [3.05, 3.63) is 65.2 Å². The minimum Gasteiger partial charge on any atom is -0.481 e. The first-order valence-corrected chi connectivity index (χ1v) is 8.10. The molecule has 0 saturated heterocycles. The van der Waals surface area contributed by atoms with Crippen molar-refractivity contribution >= 4 is 6.09 Å². The molecule has 1 atom stereocenters. The number of carboxylic acid groups (broad SMARTS) is 1. The highest BCUT2D eigenvalue weighted by Gasteiger charge is 2.43. The largest absolute Gasteiger partial charge is 0.481 e. The Balaban J connectivity index is 1.94. The molecule has 0 aliphatic heterocycles. The molecule has 0 spiro atoms. The first-order valence-electron chi connectivity index (χ1n) is 8.10. The number of carbonyl (C=O) groups is 1. The zero-order chi connectivity index (χ0) is 18.9. The summed E-state index contributed by atoms with van der Waals surface area (Å²) in [6, 6.07) is 12.0. The van der Waals surface area contributed by atoms with Gasteiger partial charge in [-0.3, -0.25) is 0 Å². The Morgan fingerprint density at radius 1 is 1.19 bits per heavy atom. The Morgan fingerprint density at radius 2 is 1.85 bits per heavy atom. The molecule has 0 fully saturated rings. The quantitative estimate of drug-likeness (QED) is 0.866. The average Bonchev–Trinajstić information content (AvgIpc) is 2.93. The Labute approximate surface area is 148 Å². The molecule has 4 nitrogen and oxygen atoms in total. The van der Waals surface area contributed by atoms with E-state index in [0.29, 0.717) is 12.8 Å². The molecule has 0 saturated carbocycles. The predicted octanol–water partition coefficient (Wildman–Crippen LogP) is 4.54. The van der Waals surface area contributed by atoms with Crippen LogP contribution in [0.1, 0.15) is 23.1 Å². The van der Waals surface area contributed by atoms with Crippen molar-refractivity contribution in [2.45, 2.75) is 24.6 Å². The van der Waals surface area contributed by atoms with Gasteiger partial charge in [-0.2, -0.15) is 13.2 Å². The molecule has 2 aromatic rings. The van der Waals surface area contributed by atoms with Gasteiger partial charge in [0.1, 0.15) is 5.75 Å². The van der Waals surface area contributed by atoms with Crippen molar-refractivity contribution in [2.75, 3.05) is 13.6 Å². The smallest absolute Gasteiger partial charge is 0.416 e. The molecule has 7 heteroatoms. The number of benzene rings is 2. The topological polar surface area (TPSA) is 49.8 Å². The number of aryl methyl sites for hydroxylation is 1. The number of amides is 1. The van der Waals surface area contributed by atoms with Gasteiger partial charge in [-0.1, -0.05) is 24.3 Å². The van der Waals surface area contributed by atoms with Gasteiger partial charge < -0.3 is 14.7 Å². The first-order chi connectivity index (χ1) is 12.2. The van der Waals surface area contributed by atoms with E-state index in [0.717, 1.165) is 28.2 Å². The van der Waals surface area contributed by atoms with E-state index in [-0.39, 0.29) is 12.3 Å². The minimum atomic E-state index is -4.42. The molecular formula is C19H18F3NO3. The van der Waals surface area contributed by atoms with E-state index in [4.69, 9.17) is 4.74 Å². The Bertz CT molecular complexity index is 804. The van der Waals surface area contributed by atoms with Crippen molar-refractivity contribution in [1.82, 2.24) is 4.90 Å². The maximum absolute atomic E-state index is 12.7. The lowest BCUT2D eigenvalue weighted by Crippen LogP contribution is -2.44. The van der Waals surface area contributed by atoms with Gasteiger partial charge in [0.2, 0.25) is 0 Å². The van der Waals surface area contributed by atoms with Crippen molar-refractivity contribution in [1.29, 1.82) is 0 Å². The summed E-state index contributed by atoms with van der Waals surface area (Å²) in [5.74, 6) is 0.272. The Kier molecular flexibility index (Phi) is 4.56. The summed E-state index contributed by atoms with van der Waals surface area (Å²) in [5, 5.41) is 9.24. The summed E-state index contributed by atoms with van der Waals surface area (Å²) >= 11 is 0. The molecular weight excluding hydrogens is 347 g/mol. The van der Waals surface area contributed by atoms with Gasteiger partial charge >= 0.3 is 12.3 Å². The predicted molar refractivity (Wildman–Crippen MR) is 89.2 cm³/mol. The molecule has 1 amide bonds. The van der Waals surface area contributed by atoms with E-state index in [2.05, 4.69) is 0 Å². The van der Waals surface area contributed by atoms with Crippen LogP contribution in [0, 0.1) is 0 Å². The third-order valence-corrected chi connectivity index (χ3v) is 4.62. The third kappa shape index (κ3) is 3.47. The summed E-state index contributed by atoms with van der Waals surface area (Å²) in [5.41, 5.74) is 0.239. The fourth-order valence-electron chi connectivity index (χ4n) is 3.34. The van der Waals surface area contributed by atoms with Crippen LogP contribution in [0.15, 0.2) is 48.5 Å². The maximum atomic E-state index is 12.7. The molecule has 0 aromatic heterocycles. The number of ether oxygens (including phenoxy) is 1. The van der Waals surface area contributed by atoms with Crippen LogP contribution in [-0.2, 0) is 18.2 Å². The van der Waals surface area contributed by atoms with Crippen LogP contribution < -0.4 is 4.74 Å². The lowest BCUT2D eigenvalue weighted by Gasteiger charge is -2.34. The summed E-state index contributed by atoms with van der Waals surface area (Å²) in [6.45, 7) is 0.0837. The number of hydrogen-bond donors (Lipinski definition) is 1. The van der Waals surface area contributed by atoms with Crippen LogP contribution in [0.2, 0.25) is 0 Å². The monoisotopic (exact) mass is 365 g/mol. The number of likely N-dealkylation sites (N-methyl/N-ethyl adjacent to an activating group) is 1. The highest BCUT2D eigenvalue weighted by molar-refractivity contribution is 5.64. The van der Waals surface area contributed by atoms with Crippen LogP contribution in [0.25, 0.3) is 0 Å². The van der Waals surface area contributed by atoms with E-state index in [1.165, 1.54) is 19.2 Å². The number of hydrogen-bond acceptors (Lipinski definition) is 2. The average molecular weight is 365 g/mol. The standard InChI is InChI=1S/C19H18F3NO3/c1-23(17(24)25)12-18(11-10-13-4-2-3-5-16(13)18)26-15-8-6-14(7-9-15)19(20,21)22/h2-9H,10-12H2,1H3,(H,24,25). The highest BCUT2D eigenvalue weighted by Crippen LogP contribution is 2.41. The molecule has 3 rings (SSSR count). The molecule has 1 unspecified atom stereocenters. The third-order valence-electron chi connectivity index (χ3n) is 4.62. The number of halogens is 3. The van der Waals surface area contributed by atoms with Crippen molar-refractivity contribution in [3.8, 4) is 5.75 Å². The zero-order valence-electron chi connectivity index (χ0n) is 14.1. The van der Waals surface area contributed by atoms with Gasteiger partial charge in [0.05, 0.1) is 12.1 Å². The van der Waals surface area contributed by atoms with Crippen LogP contribution in [-0.4, -0.2) is 29.7 Å². The molecule has 138 valence electrons. The first kappa shape index (κ1) is 18.1. The Hall–Kier alpha value is -2.70. The molecule has 26 heavy (non-hydrogen) atoms. The van der Waals surface area contributed by atoms with Crippen LogP contribution in [0.3, 0.4) is 0 Å². The van der Waals surface area contributed by atoms with E-state index in [9.17, 15) is 23.1 Å². The molecule has 0 heterocycles. The molecule has 1 N–H and O–H groups in total. The molecule has 0 radical (unpaired) electrons. The summed E-state index contributed by atoms with van der Waals surface area (Å²) in [7, 11) is 1.45. The Morgan fingerprint density at radius 3 is 2.46 bits per heavy atom. The summed E-state index contributed by atoms with van der Waals surface area (Å²) in [6.07, 6.45) is -4.25. The summed E-state index contributed by atoms with van der Waals surface area (Å²) in [4.78, 5) is 12.4. The van der Waals surface area contributed by atoms with E-state index >= 15 is 0 Å². The zero-order valence-corrected chi connectivity index (χ0v) is 14.1. The van der Waals surface area contributed by atoms with E-state index in [1.807, 2.05) is 24.3 Å². The van der Waals surface area contributed by atoms with Crippen LogP contribution in [0.5, 0.6) is 5.75 Å². The minimum absolute atomic E-state index is 0.0837. The second kappa shape index (κ2) is 6.55. The number of fused-ring (bicyclic) bond motifs is 1. The normalized spacial score (nSPS) is 19.1. The maximum Gasteiger partial charge on any atom is 0.416 e. The number of alkyl halides is 3. The van der Waals surface area contributed by atoms with E-state index < -0.39 is 23.4 Å². The van der Waals surface area contributed by atoms with Gasteiger partial charge in [-0.15, -0.1) is 0 Å². The molecule has 2 aromatic carbocycles. The van der Waals surface area contributed by atoms with Crippen molar-refractivity contribution < 1.29 is 27.8 Å². The fraction of sp³-hybridized carbons (Fsp3) is 0.316. The number of rotatable bonds is 4. The van der Waals surface area contributed by atoms with Crippen molar-refractivity contribution in [3.63, 3.8) is 0 Å². The highest BCUT2D eigenvalue weighted by atomic mass is 19.4. The lowest BCUT2D eigenvalue weighted by molar-refractivity contribution is -0.137. The second-order valence-corrected chi connectivity index (χ2v) is 6.41. The van der Waals surface area contributed by atoms with Gasteiger partial charge in [0.25, 0.3) is 0 Å². The van der Waals surface area contributed by atoms with Gasteiger partial charge in [0.15, 0.2) is 5.60 Å². The molecule has 1 aliphatic rings. The van der Waals surface area contributed by atoms with Crippen molar-refractivity contribution in [2.24, 2.45) is 0 Å². The number of nitrogens with zero attached hydrogens (tertiary/aromatic N) is 1.